The van der Waals surface area contributed by atoms with Gasteiger partial charge in [-0.05, 0) is 38.8 Å². The van der Waals surface area contributed by atoms with Crippen LogP contribution in [-0.2, 0) is 4.79 Å². The molecule has 2 aliphatic rings. The van der Waals surface area contributed by atoms with E-state index in [1.807, 2.05) is 0 Å². The quantitative estimate of drug-likeness (QED) is 0.845. The van der Waals surface area contributed by atoms with Crippen molar-refractivity contribution >= 4 is 17.7 Å². The van der Waals surface area contributed by atoms with E-state index in [2.05, 4.69) is 24.1 Å². The van der Waals surface area contributed by atoms with Gasteiger partial charge in [0.05, 0.1) is 11.1 Å². The van der Waals surface area contributed by atoms with E-state index in [4.69, 9.17) is 0 Å². The molecule has 0 aliphatic carbocycles. The molecule has 1 fully saturated rings. The first-order valence-corrected chi connectivity index (χ1v) is 8.46. The summed E-state index contributed by atoms with van der Waals surface area (Å²) in [5.74, 6) is -1.05. The number of rotatable bonds is 4. The van der Waals surface area contributed by atoms with Crippen molar-refractivity contribution in [2.24, 2.45) is 0 Å². The van der Waals surface area contributed by atoms with Crippen LogP contribution in [0.3, 0.4) is 0 Å². The van der Waals surface area contributed by atoms with Gasteiger partial charge in [0.2, 0.25) is 5.91 Å². The van der Waals surface area contributed by atoms with E-state index in [0.717, 1.165) is 30.8 Å². The molecule has 1 saturated heterocycles. The molecule has 24 heavy (non-hydrogen) atoms. The fourth-order valence-electron chi connectivity index (χ4n) is 3.36. The van der Waals surface area contributed by atoms with Crippen LogP contribution in [0.4, 0.5) is 0 Å². The van der Waals surface area contributed by atoms with Crippen molar-refractivity contribution in [1.82, 2.24) is 15.1 Å². The Labute approximate surface area is 141 Å². The van der Waals surface area contributed by atoms with Gasteiger partial charge in [-0.15, -0.1) is 0 Å². The Balaban J connectivity index is 1.55. The highest BCUT2D eigenvalue weighted by Gasteiger charge is 2.36. The second-order valence-corrected chi connectivity index (χ2v) is 6.71. The smallest absolute Gasteiger partial charge is 0.262 e. The van der Waals surface area contributed by atoms with E-state index < -0.39 is 0 Å². The van der Waals surface area contributed by atoms with Gasteiger partial charge in [0.25, 0.3) is 11.8 Å². The summed E-state index contributed by atoms with van der Waals surface area (Å²) in [4.78, 5) is 40.2. The van der Waals surface area contributed by atoms with Gasteiger partial charge in [-0.2, -0.15) is 0 Å². The number of nitrogens with one attached hydrogen (secondary N) is 1. The molecular formula is C18H23N3O3. The number of amides is 3. The highest BCUT2D eigenvalue weighted by Crippen LogP contribution is 2.22. The van der Waals surface area contributed by atoms with Gasteiger partial charge in [-0.1, -0.05) is 12.1 Å². The van der Waals surface area contributed by atoms with Crippen LogP contribution >= 0.6 is 0 Å². The number of hydrogen-bond acceptors (Lipinski definition) is 4. The summed E-state index contributed by atoms with van der Waals surface area (Å²) >= 11 is 0. The number of benzene rings is 1. The molecule has 1 aromatic carbocycles. The number of hydrogen-bond donors (Lipinski definition) is 1. The molecule has 0 saturated carbocycles. The van der Waals surface area contributed by atoms with Gasteiger partial charge < -0.3 is 10.2 Å². The minimum Gasteiger partial charge on any atom is -0.352 e. The Kier molecular flexibility index (Phi) is 4.66. The number of fused-ring (bicyclic) bond motifs is 1. The van der Waals surface area contributed by atoms with E-state index >= 15 is 0 Å². The van der Waals surface area contributed by atoms with Crippen LogP contribution in [0.1, 0.15) is 47.4 Å². The molecular weight excluding hydrogens is 306 g/mol. The third kappa shape index (κ3) is 3.19. The molecule has 2 heterocycles. The standard InChI is InChI=1S/C18H23N3O3/c1-12(2)20-9-7-13(8-10-20)19-16(22)11-21-17(23)14-5-3-4-6-15(14)18(21)24/h3-6,12-13H,7-11H2,1-2H3,(H,19,22). The van der Waals surface area contributed by atoms with E-state index in [0.29, 0.717) is 17.2 Å². The van der Waals surface area contributed by atoms with Crippen molar-refractivity contribution in [1.29, 1.82) is 0 Å². The molecule has 0 spiro atoms. The Morgan fingerprint density at radius 1 is 1.12 bits per heavy atom. The van der Waals surface area contributed by atoms with Gasteiger partial charge >= 0.3 is 0 Å². The molecule has 0 unspecified atom stereocenters. The van der Waals surface area contributed by atoms with E-state index in [-0.39, 0.29) is 30.3 Å². The number of nitrogens with zero attached hydrogens (tertiary/aromatic N) is 2. The molecule has 0 radical (unpaired) electrons. The summed E-state index contributed by atoms with van der Waals surface area (Å²) < 4.78 is 0. The van der Waals surface area contributed by atoms with Crippen LogP contribution in [-0.4, -0.2) is 59.2 Å². The Bertz CT molecular complexity index is 628. The number of likely N-dealkylation sites (tertiary alicyclic amines) is 1. The first-order valence-electron chi connectivity index (χ1n) is 8.46. The van der Waals surface area contributed by atoms with E-state index in [1.54, 1.807) is 24.3 Å². The minimum absolute atomic E-state index is 0.114. The van der Waals surface area contributed by atoms with Gasteiger partial charge in [0.1, 0.15) is 6.54 Å². The number of carbonyl (C=O) groups is 3. The first-order chi connectivity index (χ1) is 11.5. The number of carbonyl (C=O) groups excluding carboxylic acids is 3. The van der Waals surface area contributed by atoms with Crippen LogP contribution in [0.2, 0.25) is 0 Å². The SMILES string of the molecule is CC(C)N1CCC(NC(=O)CN2C(=O)c3ccccc3C2=O)CC1. The second kappa shape index (κ2) is 6.73. The number of piperidine rings is 1. The molecule has 1 N–H and O–H groups in total. The second-order valence-electron chi connectivity index (χ2n) is 6.71. The predicted octanol–water partition coefficient (Wildman–Crippen LogP) is 1.27. The van der Waals surface area contributed by atoms with Crippen LogP contribution in [0.5, 0.6) is 0 Å². The highest BCUT2D eigenvalue weighted by atomic mass is 16.2. The molecule has 1 aromatic rings. The lowest BCUT2D eigenvalue weighted by molar-refractivity contribution is -0.122. The largest absolute Gasteiger partial charge is 0.352 e. The molecule has 3 rings (SSSR count). The molecule has 128 valence electrons. The summed E-state index contributed by atoms with van der Waals surface area (Å²) in [5.41, 5.74) is 0.751. The van der Waals surface area contributed by atoms with Crippen LogP contribution in [0, 0.1) is 0 Å². The Morgan fingerprint density at radius 3 is 2.17 bits per heavy atom. The summed E-state index contributed by atoms with van der Waals surface area (Å²) in [6.07, 6.45) is 1.79. The summed E-state index contributed by atoms with van der Waals surface area (Å²) in [7, 11) is 0. The topological polar surface area (TPSA) is 69.7 Å². The van der Waals surface area contributed by atoms with Gasteiger partial charge in [0, 0.05) is 25.2 Å². The van der Waals surface area contributed by atoms with Crippen molar-refractivity contribution in [2.75, 3.05) is 19.6 Å². The zero-order valence-corrected chi connectivity index (χ0v) is 14.1. The van der Waals surface area contributed by atoms with Crippen molar-refractivity contribution in [3.8, 4) is 0 Å². The van der Waals surface area contributed by atoms with Crippen molar-refractivity contribution in [3.63, 3.8) is 0 Å². The van der Waals surface area contributed by atoms with Gasteiger partial charge in [-0.25, -0.2) is 0 Å². The van der Waals surface area contributed by atoms with Gasteiger partial charge in [-0.3, -0.25) is 19.3 Å². The molecule has 6 heteroatoms. The molecule has 0 atom stereocenters. The average Bonchev–Trinajstić information content (AvgIpc) is 2.81. The fraction of sp³-hybridized carbons (Fsp3) is 0.500. The third-order valence-electron chi connectivity index (χ3n) is 4.80. The Hall–Kier alpha value is -2.21. The lowest BCUT2D eigenvalue weighted by Crippen LogP contribution is -2.49. The monoisotopic (exact) mass is 329 g/mol. The number of imide groups is 1. The van der Waals surface area contributed by atoms with Gasteiger partial charge in [0.15, 0.2) is 0 Å². The average molecular weight is 329 g/mol. The fourth-order valence-corrected chi connectivity index (χ4v) is 3.36. The van der Waals surface area contributed by atoms with Crippen molar-refractivity contribution in [2.45, 2.75) is 38.8 Å². The molecule has 0 aromatic heterocycles. The van der Waals surface area contributed by atoms with Crippen LogP contribution in [0.25, 0.3) is 0 Å². The maximum Gasteiger partial charge on any atom is 0.262 e. The molecule has 3 amide bonds. The lowest BCUT2D eigenvalue weighted by atomic mass is 10.0. The maximum absolute atomic E-state index is 12.3. The molecule has 2 aliphatic heterocycles. The van der Waals surface area contributed by atoms with Crippen molar-refractivity contribution < 1.29 is 14.4 Å². The zero-order chi connectivity index (χ0) is 17.3. The summed E-state index contributed by atoms with van der Waals surface area (Å²) in [6.45, 7) is 6.03. The van der Waals surface area contributed by atoms with E-state index in [1.165, 1.54) is 0 Å². The maximum atomic E-state index is 12.3. The molecule has 6 nitrogen and oxygen atoms in total. The lowest BCUT2D eigenvalue weighted by Gasteiger charge is -2.35. The first kappa shape index (κ1) is 16.6. The third-order valence-corrected chi connectivity index (χ3v) is 4.80. The minimum atomic E-state index is -0.389. The van der Waals surface area contributed by atoms with Crippen LogP contribution < -0.4 is 5.32 Å². The zero-order valence-electron chi connectivity index (χ0n) is 14.1. The molecule has 0 bridgehead atoms. The van der Waals surface area contributed by atoms with E-state index in [9.17, 15) is 14.4 Å². The Morgan fingerprint density at radius 2 is 1.67 bits per heavy atom. The predicted molar refractivity (Wildman–Crippen MR) is 89.7 cm³/mol. The van der Waals surface area contributed by atoms with Crippen molar-refractivity contribution in [3.05, 3.63) is 35.4 Å². The summed E-state index contributed by atoms with van der Waals surface area (Å²) in [6, 6.07) is 7.30. The highest BCUT2D eigenvalue weighted by molar-refractivity contribution is 6.22. The summed E-state index contributed by atoms with van der Waals surface area (Å²) in [5, 5.41) is 2.96. The normalized spacial score (nSPS) is 19.0. The van der Waals surface area contributed by atoms with Crippen LogP contribution in [0.15, 0.2) is 24.3 Å².